The molecule has 0 aliphatic heterocycles. The molecule has 5 heteroatoms. The number of pyridine rings is 1. The van der Waals surface area contributed by atoms with Gasteiger partial charge in [-0.1, -0.05) is 13.0 Å². The smallest absolute Gasteiger partial charge is 0.221 e. The third-order valence-electron chi connectivity index (χ3n) is 2.83. The van der Waals surface area contributed by atoms with Crippen molar-refractivity contribution in [1.82, 2.24) is 15.2 Å². The number of nitrogens with one attached hydrogen (secondary N) is 2. The summed E-state index contributed by atoms with van der Waals surface area (Å²) in [5.41, 5.74) is 1.15. The molecule has 19 heavy (non-hydrogen) atoms. The zero-order valence-corrected chi connectivity index (χ0v) is 12.1. The maximum absolute atomic E-state index is 11.2. The standard InChI is InChI=1S/C14H24N4O/c1-4-8-16-13-6-5-12(10-17-13)11-18(3)9-7-14(19)15-2/h5-6,10H,4,7-9,11H2,1-3H3,(H,15,19)(H,16,17). The molecule has 1 aromatic rings. The fraction of sp³-hybridized carbons (Fsp3) is 0.571. The minimum atomic E-state index is 0.0732. The highest BCUT2D eigenvalue weighted by Crippen LogP contribution is 2.07. The largest absolute Gasteiger partial charge is 0.370 e. The van der Waals surface area contributed by atoms with E-state index in [1.165, 1.54) is 0 Å². The summed E-state index contributed by atoms with van der Waals surface area (Å²) in [7, 11) is 3.67. The molecule has 0 aromatic carbocycles. The van der Waals surface area contributed by atoms with Crippen LogP contribution in [0.4, 0.5) is 5.82 Å². The van der Waals surface area contributed by atoms with Gasteiger partial charge in [-0.3, -0.25) is 4.79 Å². The molecule has 1 aromatic heterocycles. The number of carbonyl (C=O) groups excluding carboxylic acids is 1. The summed E-state index contributed by atoms with van der Waals surface area (Å²) < 4.78 is 0. The van der Waals surface area contributed by atoms with Crippen molar-refractivity contribution in [2.24, 2.45) is 0 Å². The molecule has 0 atom stereocenters. The van der Waals surface area contributed by atoms with E-state index in [1.807, 2.05) is 19.3 Å². The predicted molar refractivity (Wildman–Crippen MR) is 78.0 cm³/mol. The molecule has 0 bridgehead atoms. The van der Waals surface area contributed by atoms with Crippen LogP contribution >= 0.6 is 0 Å². The van der Waals surface area contributed by atoms with Crippen molar-refractivity contribution >= 4 is 11.7 Å². The Morgan fingerprint density at radius 2 is 2.21 bits per heavy atom. The second-order valence-corrected chi connectivity index (χ2v) is 4.64. The van der Waals surface area contributed by atoms with E-state index in [2.05, 4.69) is 33.5 Å². The summed E-state index contributed by atoms with van der Waals surface area (Å²) in [6.45, 7) is 4.62. The van der Waals surface area contributed by atoms with E-state index >= 15 is 0 Å². The Bertz CT molecular complexity index is 378. The molecule has 0 aliphatic rings. The number of anilines is 1. The van der Waals surface area contributed by atoms with Gasteiger partial charge in [0.05, 0.1) is 0 Å². The Kier molecular flexibility index (Phi) is 6.89. The second kappa shape index (κ2) is 8.48. The Balaban J connectivity index is 2.37. The first-order valence-electron chi connectivity index (χ1n) is 6.73. The van der Waals surface area contributed by atoms with Gasteiger partial charge in [0.1, 0.15) is 5.82 Å². The molecule has 1 rings (SSSR count). The van der Waals surface area contributed by atoms with Crippen molar-refractivity contribution in [1.29, 1.82) is 0 Å². The molecular formula is C14H24N4O. The number of nitrogens with zero attached hydrogens (tertiary/aromatic N) is 2. The molecule has 1 amide bonds. The molecule has 2 N–H and O–H groups in total. The number of amides is 1. The lowest BCUT2D eigenvalue weighted by atomic mass is 10.2. The van der Waals surface area contributed by atoms with Crippen LogP contribution < -0.4 is 10.6 Å². The highest BCUT2D eigenvalue weighted by Gasteiger charge is 2.04. The number of rotatable bonds is 8. The molecule has 0 radical (unpaired) electrons. The number of carbonyl (C=O) groups is 1. The van der Waals surface area contributed by atoms with E-state index in [0.29, 0.717) is 6.42 Å². The van der Waals surface area contributed by atoms with Gasteiger partial charge in [-0.25, -0.2) is 4.98 Å². The fourth-order valence-electron chi connectivity index (χ4n) is 1.68. The minimum absolute atomic E-state index is 0.0732. The SMILES string of the molecule is CCCNc1ccc(CN(C)CCC(=O)NC)cn1. The van der Waals surface area contributed by atoms with Gasteiger partial charge in [0, 0.05) is 39.3 Å². The monoisotopic (exact) mass is 264 g/mol. The molecule has 0 spiro atoms. The second-order valence-electron chi connectivity index (χ2n) is 4.64. The van der Waals surface area contributed by atoms with Crippen LogP contribution in [0.5, 0.6) is 0 Å². The number of aromatic nitrogens is 1. The molecule has 106 valence electrons. The summed E-state index contributed by atoms with van der Waals surface area (Å²) in [4.78, 5) is 17.6. The van der Waals surface area contributed by atoms with Crippen LogP contribution in [0.3, 0.4) is 0 Å². The van der Waals surface area contributed by atoms with Gasteiger partial charge in [0.2, 0.25) is 5.91 Å². The van der Waals surface area contributed by atoms with Gasteiger partial charge in [-0.05, 0) is 25.1 Å². The van der Waals surface area contributed by atoms with Gasteiger partial charge in [-0.15, -0.1) is 0 Å². The van der Waals surface area contributed by atoms with Gasteiger partial charge in [-0.2, -0.15) is 0 Å². The molecule has 1 heterocycles. The van der Waals surface area contributed by atoms with Gasteiger partial charge in [0.15, 0.2) is 0 Å². The normalized spacial score (nSPS) is 10.5. The van der Waals surface area contributed by atoms with Crippen LogP contribution in [-0.2, 0) is 11.3 Å². The average molecular weight is 264 g/mol. The minimum Gasteiger partial charge on any atom is -0.370 e. The maximum atomic E-state index is 11.2. The number of hydrogen-bond acceptors (Lipinski definition) is 4. The van der Waals surface area contributed by atoms with E-state index in [-0.39, 0.29) is 5.91 Å². The molecule has 0 unspecified atom stereocenters. The Labute approximate surface area is 115 Å². The van der Waals surface area contributed by atoms with Crippen LogP contribution in [0.15, 0.2) is 18.3 Å². The van der Waals surface area contributed by atoms with E-state index in [4.69, 9.17) is 0 Å². The quantitative estimate of drug-likeness (QED) is 0.746. The van der Waals surface area contributed by atoms with Crippen LogP contribution in [0, 0.1) is 0 Å². The maximum Gasteiger partial charge on any atom is 0.221 e. The summed E-state index contributed by atoms with van der Waals surface area (Å²) in [5.74, 6) is 0.989. The first-order chi connectivity index (χ1) is 9.15. The Hall–Kier alpha value is -1.62. The summed E-state index contributed by atoms with van der Waals surface area (Å²) in [5, 5.41) is 5.87. The highest BCUT2D eigenvalue weighted by atomic mass is 16.1. The van der Waals surface area contributed by atoms with E-state index in [9.17, 15) is 4.79 Å². The number of hydrogen-bond donors (Lipinski definition) is 2. The van der Waals surface area contributed by atoms with Crippen LogP contribution in [-0.4, -0.2) is 43.0 Å². The van der Waals surface area contributed by atoms with E-state index in [1.54, 1.807) is 7.05 Å². The molecule has 0 saturated carbocycles. The van der Waals surface area contributed by atoms with Gasteiger partial charge in [0.25, 0.3) is 0 Å². The summed E-state index contributed by atoms with van der Waals surface area (Å²) in [6, 6.07) is 4.07. The molecular weight excluding hydrogens is 240 g/mol. The molecule has 5 nitrogen and oxygen atoms in total. The van der Waals surface area contributed by atoms with Crippen molar-refractivity contribution in [2.75, 3.05) is 32.5 Å². The van der Waals surface area contributed by atoms with Crippen LogP contribution in [0.25, 0.3) is 0 Å². The van der Waals surface area contributed by atoms with Crippen molar-refractivity contribution in [2.45, 2.75) is 26.3 Å². The van der Waals surface area contributed by atoms with Gasteiger partial charge < -0.3 is 15.5 Å². The van der Waals surface area contributed by atoms with Crippen LogP contribution in [0.2, 0.25) is 0 Å². The van der Waals surface area contributed by atoms with Crippen LogP contribution in [0.1, 0.15) is 25.3 Å². The Morgan fingerprint density at radius 3 is 2.79 bits per heavy atom. The van der Waals surface area contributed by atoms with Gasteiger partial charge >= 0.3 is 0 Å². The zero-order chi connectivity index (χ0) is 14.1. The first-order valence-corrected chi connectivity index (χ1v) is 6.73. The van der Waals surface area contributed by atoms with E-state index in [0.717, 1.165) is 37.4 Å². The van der Waals surface area contributed by atoms with Crippen molar-refractivity contribution in [3.8, 4) is 0 Å². The van der Waals surface area contributed by atoms with Crippen molar-refractivity contribution < 1.29 is 4.79 Å². The summed E-state index contributed by atoms with van der Waals surface area (Å²) in [6.07, 6.45) is 3.50. The lowest BCUT2D eigenvalue weighted by molar-refractivity contribution is -0.120. The molecule has 0 fully saturated rings. The average Bonchev–Trinajstić information content (AvgIpc) is 2.44. The van der Waals surface area contributed by atoms with Crippen molar-refractivity contribution in [3.63, 3.8) is 0 Å². The topological polar surface area (TPSA) is 57.3 Å². The summed E-state index contributed by atoms with van der Waals surface area (Å²) >= 11 is 0. The van der Waals surface area contributed by atoms with E-state index < -0.39 is 0 Å². The fourth-order valence-corrected chi connectivity index (χ4v) is 1.68. The third kappa shape index (κ3) is 6.20. The zero-order valence-electron chi connectivity index (χ0n) is 12.1. The highest BCUT2D eigenvalue weighted by molar-refractivity contribution is 5.75. The third-order valence-corrected chi connectivity index (χ3v) is 2.83. The van der Waals surface area contributed by atoms with Crippen molar-refractivity contribution in [3.05, 3.63) is 23.9 Å². The first kappa shape index (κ1) is 15.4. The Morgan fingerprint density at radius 1 is 1.42 bits per heavy atom. The lowest BCUT2D eigenvalue weighted by Gasteiger charge is -2.16. The lowest BCUT2D eigenvalue weighted by Crippen LogP contribution is -2.26. The molecule has 0 saturated heterocycles. The predicted octanol–water partition coefficient (Wildman–Crippen LogP) is 1.47. The molecule has 0 aliphatic carbocycles.